The number of allylic oxidation sites excluding steroid dienone is 3. The van der Waals surface area contributed by atoms with E-state index in [1.54, 1.807) is 12.2 Å². The molecule has 0 radical (unpaired) electrons. The third-order valence-corrected chi connectivity index (χ3v) is 2.79. The summed E-state index contributed by atoms with van der Waals surface area (Å²) in [6.07, 6.45) is 4.49. The van der Waals surface area contributed by atoms with Crippen LogP contribution in [0, 0.1) is 0 Å². The van der Waals surface area contributed by atoms with Gasteiger partial charge in [-0.25, -0.2) is 4.79 Å². The number of carboxylic acids is 1. The molecule has 0 amide bonds. The third kappa shape index (κ3) is 4.21. The summed E-state index contributed by atoms with van der Waals surface area (Å²) in [4.78, 5) is 10.4. The van der Waals surface area contributed by atoms with Crippen LogP contribution in [0.5, 0.6) is 0 Å². The zero-order valence-electron chi connectivity index (χ0n) is 11.4. The van der Waals surface area contributed by atoms with Crippen LogP contribution >= 0.6 is 0 Å². The molecule has 1 N–H and O–H groups in total. The highest BCUT2D eigenvalue weighted by Gasteiger charge is 2.12. The molecular formula is C16H20O2. The summed E-state index contributed by atoms with van der Waals surface area (Å²) in [5, 5.41) is 8.51. The quantitative estimate of drug-likeness (QED) is 0.644. The predicted molar refractivity (Wildman–Crippen MR) is 75.6 cm³/mol. The molecule has 0 unspecified atom stereocenters. The van der Waals surface area contributed by atoms with Gasteiger partial charge in [0.2, 0.25) is 0 Å². The third-order valence-electron chi connectivity index (χ3n) is 2.79. The number of carboxylic acid groups (broad SMARTS) is 1. The minimum absolute atomic E-state index is 0.152. The zero-order valence-corrected chi connectivity index (χ0v) is 11.4. The van der Waals surface area contributed by atoms with Gasteiger partial charge in [-0.1, -0.05) is 57.2 Å². The number of rotatable bonds is 3. The van der Waals surface area contributed by atoms with E-state index in [-0.39, 0.29) is 5.41 Å². The van der Waals surface area contributed by atoms with Crippen molar-refractivity contribution in [2.75, 3.05) is 0 Å². The van der Waals surface area contributed by atoms with E-state index < -0.39 is 5.97 Å². The van der Waals surface area contributed by atoms with Crippen LogP contribution in [0.3, 0.4) is 0 Å². The molecule has 0 saturated heterocycles. The number of aliphatic carboxylic acids is 1. The Morgan fingerprint density at radius 2 is 1.72 bits per heavy atom. The lowest BCUT2D eigenvalue weighted by Crippen LogP contribution is -2.10. The van der Waals surface area contributed by atoms with Crippen LogP contribution in [0.1, 0.15) is 38.8 Å². The van der Waals surface area contributed by atoms with Crippen LogP contribution in [0.2, 0.25) is 0 Å². The van der Waals surface area contributed by atoms with Gasteiger partial charge in [-0.2, -0.15) is 0 Å². The van der Waals surface area contributed by atoms with Crippen molar-refractivity contribution in [2.45, 2.75) is 33.1 Å². The van der Waals surface area contributed by atoms with E-state index in [9.17, 15) is 4.79 Å². The molecule has 0 aliphatic rings. The molecule has 96 valence electrons. The first-order valence-corrected chi connectivity index (χ1v) is 5.99. The maximum absolute atomic E-state index is 10.4. The van der Waals surface area contributed by atoms with Crippen molar-refractivity contribution in [1.29, 1.82) is 0 Å². The molecule has 2 heteroatoms. The minimum Gasteiger partial charge on any atom is -0.478 e. The van der Waals surface area contributed by atoms with E-state index in [1.165, 1.54) is 5.56 Å². The van der Waals surface area contributed by atoms with E-state index >= 15 is 0 Å². The number of hydrogen-bond donors (Lipinski definition) is 1. The van der Waals surface area contributed by atoms with Crippen LogP contribution in [0.4, 0.5) is 0 Å². The van der Waals surface area contributed by atoms with Gasteiger partial charge in [0.05, 0.1) is 0 Å². The van der Waals surface area contributed by atoms with Crippen LogP contribution in [0.25, 0.3) is 5.57 Å². The second kappa shape index (κ2) is 5.67. The lowest BCUT2D eigenvalue weighted by Gasteiger charge is -2.19. The molecule has 2 nitrogen and oxygen atoms in total. The molecule has 1 rings (SSSR count). The van der Waals surface area contributed by atoms with Gasteiger partial charge in [0.1, 0.15) is 0 Å². The van der Waals surface area contributed by atoms with Crippen molar-refractivity contribution in [3.05, 3.63) is 53.6 Å². The normalized spacial score (nSPS) is 13.0. The lowest BCUT2D eigenvalue weighted by molar-refractivity contribution is -0.131. The molecule has 0 bridgehead atoms. The summed E-state index contributed by atoms with van der Waals surface area (Å²) in [7, 11) is 0. The average molecular weight is 244 g/mol. The highest BCUT2D eigenvalue weighted by Crippen LogP contribution is 2.24. The van der Waals surface area contributed by atoms with Gasteiger partial charge in [-0.15, -0.1) is 0 Å². The Morgan fingerprint density at radius 1 is 1.17 bits per heavy atom. The summed E-state index contributed by atoms with van der Waals surface area (Å²) >= 11 is 0. The van der Waals surface area contributed by atoms with Crippen LogP contribution in [0.15, 0.2) is 42.5 Å². The van der Waals surface area contributed by atoms with Crippen molar-refractivity contribution in [3.63, 3.8) is 0 Å². The first-order chi connectivity index (χ1) is 8.30. The largest absolute Gasteiger partial charge is 0.478 e. The molecule has 18 heavy (non-hydrogen) atoms. The molecular weight excluding hydrogens is 224 g/mol. The van der Waals surface area contributed by atoms with E-state index in [1.807, 2.05) is 6.92 Å². The van der Waals surface area contributed by atoms with Crippen LogP contribution in [-0.4, -0.2) is 11.1 Å². The number of benzene rings is 1. The van der Waals surface area contributed by atoms with Gasteiger partial charge in [0, 0.05) is 6.08 Å². The summed E-state index contributed by atoms with van der Waals surface area (Å²) in [5.74, 6) is -0.929. The fraction of sp³-hybridized carbons (Fsp3) is 0.312. The summed E-state index contributed by atoms with van der Waals surface area (Å²) in [6, 6.07) is 8.38. The Hall–Kier alpha value is -1.83. The van der Waals surface area contributed by atoms with Gasteiger partial charge in [0.15, 0.2) is 0 Å². The standard InChI is InChI=1S/C16H20O2/c1-12(6-5-7-15(17)18)13-8-10-14(11-9-13)16(2,3)4/h5-11H,1-4H3,(H,17,18). The van der Waals surface area contributed by atoms with Crippen LogP contribution in [-0.2, 0) is 10.2 Å². The molecule has 0 fully saturated rings. The first-order valence-electron chi connectivity index (χ1n) is 5.99. The van der Waals surface area contributed by atoms with Gasteiger partial charge < -0.3 is 5.11 Å². The van der Waals surface area contributed by atoms with E-state index in [2.05, 4.69) is 45.0 Å². The van der Waals surface area contributed by atoms with Gasteiger partial charge in [-0.3, -0.25) is 0 Å². The molecule has 0 atom stereocenters. The Labute approximate surface area is 109 Å². The van der Waals surface area contributed by atoms with Crippen molar-refractivity contribution < 1.29 is 9.90 Å². The van der Waals surface area contributed by atoms with E-state index in [0.29, 0.717) is 0 Å². The Morgan fingerprint density at radius 3 is 2.17 bits per heavy atom. The highest BCUT2D eigenvalue weighted by atomic mass is 16.4. The fourth-order valence-electron chi connectivity index (χ4n) is 1.60. The van der Waals surface area contributed by atoms with E-state index in [0.717, 1.165) is 17.2 Å². The fourth-order valence-corrected chi connectivity index (χ4v) is 1.60. The molecule has 1 aromatic carbocycles. The Balaban J connectivity index is 2.89. The monoisotopic (exact) mass is 244 g/mol. The maximum atomic E-state index is 10.4. The Kier molecular flexibility index (Phi) is 4.49. The zero-order chi connectivity index (χ0) is 13.8. The molecule has 0 aliphatic carbocycles. The maximum Gasteiger partial charge on any atom is 0.328 e. The van der Waals surface area contributed by atoms with Crippen molar-refractivity contribution >= 4 is 11.5 Å². The topological polar surface area (TPSA) is 37.3 Å². The molecule has 1 aromatic rings. The second-order valence-electron chi connectivity index (χ2n) is 5.37. The summed E-state index contributed by atoms with van der Waals surface area (Å²) in [5.41, 5.74) is 3.60. The minimum atomic E-state index is -0.929. The van der Waals surface area contributed by atoms with E-state index in [4.69, 9.17) is 5.11 Å². The highest BCUT2D eigenvalue weighted by molar-refractivity contribution is 5.80. The van der Waals surface area contributed by atoms with Gasteiger partial charge >= 0.3 is 5.97 Å². The number of hydrogen-bond acceptors (Lipinski definition) is 1. The first kappa shape index (κ1) is 14.2. The Bertz CT molecular complexity index is 471. The van der Waals surface area contributed by atoms with Crippen LogP contribution < -0.4 is 0 Å². The van der Waals surface area contributed by atoms with Crippen molar-refractivity contribution in [2.24, 2.45) is 0 Å². The van der Waals surface area contributed by atoms with Crippen molar-refractivity contribution in [3.8, 4) is 0 Å². The SMILES string of the molecule is CC(=CC=CC(=O)O)c1ccc(C(C)(C)C)cc1. The second-order valence-corrected chi connectivity index (χ2v) is 5.37. The van der Waals surface area contributed by atoms with Crippen molar-refractivity contribution in [1.82, 2.24) is 0 Å². The molecule has 0 aromatic heterocycles. The lowest BCUT2D eigenvalue weighted by atomic mass is 9.86. The van der Waals surface area contributed by atoms with Gasteiger partial charge in [0.25, 0.3) is 0 Å². The predicted octanol–water partition coefficient (Wildman–Crippen LogP) is 4.03. The average Bonchev–Trinajstić information content (AvgIpc) is 2.27. The summed E-state index contributed by atoms with van der Waals surface area (Å²) < 4.78 is 0. The molecule has 0 saturated carbocycles. The molecule has 0 aliphatic heterocycles. The molecule has 0 spiro atoms. The smallest absolute Gasteiger partial charge is 0.328 e. The van der Waals surface area contributed by atoms with Gasteiger partial charge in [-0.05, 0) is 29.0 Å². The summed E-state index contributed by atoms with van der Waals surface area (Å²) in [6.45, 7) is 8.51. The number of carbonyl (C=O) groups is 1. The molecule has 0 heterocycles.